The molecule has 0 aliphatic carbocycles. The molecule has 2 N–H and O–H groups in total. The van der Waals surface area contributed by atoms with E-state index >= 15 is 0 Å². The van der Waals surface area contributed by atoms with E-state index in [0.29, 0.717) is 21.9 Å². The van der Waals surface area contributed by atoms with Crippen molar-refractivity contribution >= 4 is 10.8 Å². The number of hydrogen-bond donors (Lipinski definition) is 2. The summed E-state index contributed by atoms with van der Waals surface area (Å²) in [5.41, 5.74) is 2.77. The second-order valence-electron chi connectivity index (χ2n) is 6.25. The molecule has 4 aromatic rings. The summed E-state index contributed by atoms with van der Waals surface area (Å²) in [6, 6.07) is 26.1. The van der Waals surface area contributed by atoms with Gasteiger partial charge >= 0.3 is 0 Å². The van der Waals surface area contributed by atoms with E-state index in [-0.39, 0.29) is 11.5 Å². The van der Waals surface area contributed by atoms with Crippen LogP contribution in [-0.4, -0.2) is 10.2 Å². The van der Waals surface area contributed by atoms with E-state index in [0.717, 1.165) is 11.1 Å². The Kier molecular flexibility index (Phi) is 4.70. The third kappa shape index (κ3) is 3.54. The maximum atomic E-state index is 10.6. The summed E-state index contributed by atoms with van der Waals surface area (Å²) < 4.78 is 0. The van der Waals surface area contributed by atoms with Crippen molar-refractivity contribution in [1.29, 1.82) is 0 Å². The van der Waals surface area contributed by atoms with E-state index < -0.39 is 0 Å². The second kappa shape index (κ2) is 7.62. The van der Waals surface area contributed by atoms with Crippen LogP contribution in [0.4, 0.5) is 0 Å². The smallest absolute Gasteiger partial charge is 0.139 e. The maximum Gasteiger partial charge on any atom is 0.139 e. The Morgan fingerprint density at radius 2 is 0.821 bits per heavy atom. The van der Waals surface area contributed by atoms with E-state index in [2.05, 4.69) is 23.7 Å². The highest BCUT2D eigenvalue weighted by atomic mass is 16.3. The van der Waals surface area contributed by atoms with Gasteiger partial charge < -0.3 is 10.2 Å². The van der Waals surface area contributed by atoms with Gasteiger partial charge in [0.15, 0.2) is 0 Å². The topological polar surface area (TPSA) is 40.5 Å². The summed E-state index contributed by atoms with van der Waals surface area (Å²) in [5.74, 6) is 12.2. The van der Waals surface area contributed by atoms with E-state index in [1.54, 1.807) is 24.3 Å². The van der Waals surface area contributed by atoms with Crippen molar-refractivity contribution in [2.24, 2.45) is 0 Å². The van der Waals surface area contributed by atoms with Gasteiger partial charge in [-0.1, -0.05) is 60.1 Å². The van der Waals surface area contributed by atoms with Crippen LogP contribution >= 0.6 is 0 Å². The minimum absolute atomic E-state index is 0.0544. The number of phenols is 2. The molecular weight excluding hydrogens is 344 g/mol. The Balaban J connectivity index is 1.73. The molecule has 2 nitrogen and oxygen atoms in total. The van der Waals surface area contributed by atoms with Crippen LogP contribution in [0.3, 0.4) is 0 Å². The molecule has 0 spiro atoms. The van der Waals surface area contributed by atoms with E-state index in [9.17, 15) is 10.2 Å². The number of hydrogen-bond acceptors (Lipinski definition) is 2. The molecular formula is C26H16O2. The van der Waals surface area contributed by atoms with Gasteiger partial charge in [0.05, 0.1) is 11.1 Å². The summed E-state index contributed by atoms with van der Waals surface area (Å²) in [7, 11) is 0. The van der Waals surface area contributed by atoms with Crippen LogP contribution in [0.1, 0.15) is 22.3 Å². The maximum absolute atomic E-state index is 10.6. The van der Waals surface area contributed by atoms with Gasteiger partial charge in [-0.25, -0.2) is 0 Å². The Morgan fingerprint density at radius 1 is 0.429 bits per heavy atom. The van der Waals surface area contributed by atoms with Crippen molar-refractivity contribution in [1.82, 2.24) is 0 Å². The molecule has 0 saturated heterocycles. The quantitative estimate of drug-likeness (QED) is 0.431. The first-order chi connectivity index (χ1) is 13.7. The normalized spacial score (nSPS) is 9.86. The highest BCUT2D eigenvalue weighted by Crippen LogP contribution is 2.35. The van der Waals surface area contributed by atoms with Crippen molar-refractivity contribution < 1.29 is 10.2 Å². The molecule has 0 bridgehead atoms. The molecule has 0 unspecified atom stereocenters. The molecule has 0 aliphatic heterocycles. The Hall–Kier alpha value is -4.14. The van der Waals surface area contributed by atoms with Crippen molar-refractivity contribution in [3.8, 4) is 35.2 Å². The summed E-state index contributed by atoms with van der Waals surface area (Å²) in [5, 5.41) is 22.3. The second-order valence-corrected chi connectivity index (χ2v) is 6.25. The lowest BCUT2D eigenvalue weighted by Crippen LogP contribution is -1.85. The van der Waals surface area contributed by atoms with Crippen molar-refractivity contribution in [3.05, 3.63) is 107 Å². The average molecular weight is 360 g/mol. The molecule has 0 aliphatic rings. The third-order valence-corrected chi connectivity index (χ3v) is 4.37. The van der Waals surface area contributed by atoms with Crippen LogP contribution in [-0.2, 0) is 0 Å². The molecule has 0 aromatic heterocycles. The summed E-state index contributed by atoms with van der Waals surface area (Å²) in [4.78, 5) is 0. The van der Waals surface area contributed by atoms with Crippen LogP contribution in [0.2, 0.25) is 0 Å². The predicted octanol–water partition coefficient (Wildman–Crippen LogP) is 5.05. The van der Waals surface area contributed by atoms with Crippen molar-refractivity contribution in [2.75, 3.05) is 0 Å². The lowest BCUT2D eigenvalue weighted by molar-refractivity contribution is 0.474. The zero-order valence-corrected chi connectivity index (χ0v) is 15.0. The first-order valence-corrected chi connectivity index (χ1v) is 8.84. The number of benzene rings is 4. The number of aromatic hydroxyl groups is 2. The van der Waals surface area contributed by atoms with Gasteiger partial charge in [0, 0.05) is 21.9 Å². The van der Waals surface area contributed by atoms with Gasteiger partial charge in [0.25, 0.3) is 0 Å². The molecule has 0 atom stereocenters. The number of phenolic OH excluding ortho intramolecular Hbond substituents is 2. The van der Waals surface area contributed by atoms with Crippen LogP contribution in [0.25, 0.3) is 10.8 Å². The summed E-state index contributed by atoms with van der Waals surface area (Å²) in [6.45, 7) is 0. The van der Waals surface area contributed by atoms with E-state index in [1.807, 2.05) is 60.7 Å². The Labute approximate surface area is 163 Å². The molecule has 0 heterocycles. The van der Waals surface area contributed by atoms with Gasteiger partial charge in [0.1, 0.15) is 11.5 Å². The van der Waals surface area contributed by atoms with Gasteiger partial charge in [-0.3, -0.25) is 0 Å². The SMILES string of the molecule is Oc1c(C#Cc2ccccc2)ccc2c(O)c(C#Cc3ccccc3)ccc12. The Bertz CT molecular complexity index is 1160. The summed E-state index contributed by atoms with van der Waals surface area (Å²) >= 11 is 0. The number of rotatable bonds is 0. The predicted molar refractivity (Wildman–Crippen MR) is 112 cm³/mol. The molecule has 4 rings (SSSR count). The van der Waals surface area contributed by atoms with Crippen LogP contribution in [0, 0.1) is 23.7 Å². The number of fused-ring (bicyclic) bond motifs is 1. The zero-order valence-electron chi connectivity index (χ0n) is 15.0. The largest absolute Gasteiger partial charge is 0.506 e. The fourth-order valence-electron chi connectivity index (χ4n) is 2.90. The van der Waals surface area contributed by atoms with Crippen LogP contribution in [0.15, 0.2) is 84.9 Å². The van der Waals surface area contributed by atoms with Gasteiger partial charge in [-0.15, -0.1) is 0 Å². The van der Waals surface area contributed by atoms with Crippen molar-refractivity contribution in [2.45, 2.75) is 0 Å². The van der Waals surface area contributed by atoms with Crippen molar-refractivity contribution in [3.63, 3.8) is 0 Å². The monoisotopic (exact) mass is 360 g/mol. The highest BCUT2D eigenvalue weighted by molar-refractivity contribution is 5.96. The van der Waals surface area contributed by atoms with Gasteiger partial charge in [-0.05, 0) is 48.5 Å². The first-order valence-electron chi connectivity index (χ1n) is 8.84. The highest BCUT2D eigenvalue weighted by Gasteiger charge is 2.10. The lowest BCUT2D eigenvalue weighted by atomic mass is 10.0. The molecule has 0 fully saturated rings. The van der Waals surface area contributed by atoms with Crippen LogP contribution in [0.5, 0.6) is 11.5 Å². The molecule has 4 aromatic carbocycles. The summed E-state index contributed by atoms with van der Waals surface area (Å²) in [6.07, 6.45) is 0. The Morgan fingerprint density at radius 3 is 1.21 bits per heavy atom. The first kappa shape index (κ1) is 17.3. The molecule has 28 heavy (non-hydrogen) atoms. The minimum Gasteiger partial charge on any atom is -0.506 e. The molecule has 0 amide bonds. The van der Waals surface area contributed by atoms with Crippen LogP contribution < -0.4 is 0 Å². The van der Waals surface area contributed by atoms with Gasteiger partial charge in [-0.2, -0.15) is 0 Å². The van der Waals surface area contributed by atoms with E-state index in [4.69, 9.17) is 0 Å². The third-order valence-electron chi connectivity index (χ3n) is 4.37. The zero-order chi connectivity index (χ0) is 19.3. The molecule has 132 valence electrons. The molecule has 2 heteroatoms. The fraction of sp³-hybridized carbons (Fsp3) is 0. The van der Waals surface area contributed by atoms with E-state index in [1.165, 1.54) is 0 Å². The average Bonchev–Trinajstić information content (AvgIpc) is 2.74. The standard InChI is InChI=1S/C26H16O2/c27-25-21(13-11-19-7-3-1-4-8-19)15-17-24-23(25)18-16-22(26(24)28)14-12-20-9-5-2-6-10-20/h1-10,15-18,27-28H. The lowest BCUT2D eigenvalue weighted by Gasteiger charge is -2.07. The fourth-order valence-corrected chi connectivity index (χ4v) is 2.90. The molecule has 0 radical (unpaired) electrons. The molecule has 0 saturated carbocycles. The minimum atomic E-state index is 0.0544. The van der Waals surface area contributed by atoms with Gasteiger partial charge in [0.2, 0.25) is 0 Å².